The highest BCUT2D eigenvalue weighted by molar-refractivity contribution is 7.26. The van der Waals surface area contributed by atoms with Crippen molar-refractivity contribution in [3.8, 4) is 44.9 Å². The second-order valence-corrected chi connectivity index (χ2v) is 13.2. The van der Waals surface area contributed by atoms with Gasteiger partial charge in [0.2, 0.25) is 0 Å². The van der Waals surface area contributed by atoms with Crippen molar-refractivity contribution in [3.05, 3.63) is 158 Å². The molecule has 0 aliphatic carbocycles. The van der Waals surface area contributed by atoms with E-state index in [0.29, 0.717) is 5.82 Å². The van der Waals surface area contributed by atoms with Crippen LogP contribution in [0.2, 0.25) is 0 Å². The summed E-state index contributed by atoms with van der Waals surface area (Å²) in [6, 6.07) is 55.5. The van der Waals surface area contributed by atoms with Crippen LogP contribution in [0.4, 0.5) is 0 Å². The van der Waals surface area contributed by atoms with Crippen molar-refractivity contribution >= 4 is 64.4 Å². The maximum absolute atomic E-state index is 6.51. The van der Waals surface area contributed by atoms with Crippen LogP contribution in [0.15, 0.2) is 162 Å². The van der Waals surface area contributed by atoms with Gasteiger partial charge in [-0.2, -0.15) is 0 Å². The van der Waals surface area contributed by atoms with Gasteiger partial charge in [-0.3, -0.25) is 0 Å². The number of para-hydroxylation sites is 1. The summed E-state index contributed by atoms with van der Waals surface area (Å²) in [4.78, 5) is 10.7. The summed E-state index contributed by atoms with van der Waals surface area (Å²) < 4.78 is 8.82. The summed E-state index contributed by atoms with van der Waals surface area (Å²) in [6.07, 6.45) is 0. The van der Waals surface area contributed by atoms with E-state index in [4.69, 9.17) is 14.4 Å². The van der Waals surface area contributed by atoms with E-state index in [2.05, 4.69) is 140 Å². The van der Waals surface area contributed by atoms with Gasteiger partial charge in [-0.05, 0) is 63.4 Å². The van der Waals surface area contributed by atoms with Crippen LogP contribution in [0.5, 0.6) is 0 Å². The molecule has 0 bridgehead atoms. The Labute approximate surface area is 280 Å². The SMILES string of the molecule is c1ccc(-c2nc(-c3cc(-c4ccc(-c5ccc6ccccc6c5)cc4)cc4oc5ccccc5c34)nc3c2sc2ccccc23)cc1. The second-order valence-electron chi connectivity index (χ2n) is 12.2. The highest BCUT2D eigenvalue weighted by Gasteiger charge is 2.21. The summed E-state index contributed by atoms with van der Waals surface area (Å²) >= 11 is 1.75. The summed E-state index contributed by atoms with van der Waals surface area (Å²) in [6.45, 7) is 0. The van der Waals surface area contributed by atoms with E-state index in [1.165, 1.54) is 26.6 Å². The van der Waals surface area contributed by atoms with Gasteiger partial charge >= 0.3 is 0 Å². The number of benzene rings is 7. The van der Waals surface area contributed by atoms with Crippen LogP contribution in [0.1, 0.15) is 0 Å². The molecule has 0 unspecified atom stereocenters. The fourth-order valence-electron chi connectivity index (χ4n) is 6.92. The van der Waals surface area contributed by atoms with Gasteiger partial charge in [0.25, 0.3) is 0 Å². The lowest BCUT2D eigenvalue weighted by atomic mass is 9.95. The summed E-state index contributed by atoms with van der Waals surface area (Å²) in [7, 11) is 0. The first-order chi connectivity index (χ1) is 23.8. The normalized spacial score (nSPS) is 11.8. The predicted octanol–water partition coefficient (Wildman–Crippen LogP) is 12.6. The zero-order chi connectivity index (χ0) is 31.6. The first-order valence-electron chi connectivity index (χ1n) is 16.1. The molecule has 3 aromatic heterocycles. The molecule has 0 fully saturated rings. The molecule has 0 amide bonds. The van der Waals surface area contributed by atoms with E-state index in [0.717, 1.165) is 65.5 Å². The number of hydrogen-bond acceptors (Lipinski definition) is 4. The van der Waals surface area contributed by atoms with Gasteiger partial charge in [0.15, 0.2) is 5.82 Å². The van der Waals surface area contributed by atoms with E-state index >= 15 is 0 Å². The van der Waals surface area contributed by atoms with Crippen LogP contribution in [0, 0.1) is 0 Å². The van der Waals surface area contributed by atoms with Crippen molar-refractivity contribution < 1.29 is 4.42 Å². The number of fused-ring (bicyclic) bond motifs is 7. The Morgan fingerprint density at radius 1 is 0.458 bits per heavy atom. The number of thiophene rings is 1. The number of nitrogens with zero attached hydrogens (tertiary/aromatic N) is 2. The standard InChI is InChI=1S/C44H26N2OS/c1-2-11-30(12-3-1)41-43-42(35-15-7-9-17-39(35)48-43)46-44(45-41)36-25-33(26-38-40(36)34-14-6-8-16-37(34)47-38)29-20-18-28(19-21-29)32-23-22-27-10-4-5-13-31(27)24-32/h1-26H. The lowest BCUT2D eigenvalue weighted by molar-refractivity contribution is 0.669. The minimum Gasteiger partial charge on any atom is -0.456 e. The van der Waals surface area contributed by atoms with Crippen LogP contribution < -0.4 is 0 Å². The Morgan fingerprint density at radius 3 is 2.00 bits per heavy atom. The molecule has 0 aliphatic rings. The molecule has 10 aromatic rings. The van der Waals surface area contributed by atoms with Gasteiger partial charge < -0.3 is 4.42 Å². The van der Waals surface area contributed by atoms with Crippen molar-refractivity contribution in [2.75, 3.05) is 0 Å². The maximum Gasteiger partial charge on any atom is 0.161 e. The Bertz CT molecular complexity index is 2830. The molecule has 0 radical (unpaired) electrons. The predicted molar refractivity (Wildman–Crippen MR) is 201 cm³/mol. The molecule has 0 aliphatic heterocycles. The number of hydrogen-bond donors (Lipinski definition) is 0. The maximum atomic E-state index is 6.51. The minimum atomic E-state index is 0.691. The molecule has 10 rings (SSSR count). The summed E-state index contributed by atoms with van der Waals surface area (Å²) in [5.41, 5.74) is 10.2. The van der Waals surface area contributed by atoms with Crippen molar-refractivity contribution in [1.82, 2.24) is 9.97 Å². The van der Waals surface area contributed by atoms with E-state index in [1.807, 2.05) is 18.2 Å². The lowest BCUT2D eigenvalue weighted by Gasteiger charge is -2.11. The number of furan rings is 1. The third kappa shape index (κ3) is 4.34. The smallest absolute Gasteiger partial charge is 0.161 e. The van der Waals surface area contributed by atoms with Crippen LogP contribution in [-0.4, -0.2) is 9.97 Å². The first-order valence-corrected chi connectivity index (χ1v) is 16.9. The third-order valence-corrected chi connectivity index (χ3v) is 10.5. The number of rotatable bonds is 4. The lowest BCUT2D eigenvalue weighted by Crippen LogP contribution is -1.95. The molecule has 3 nitrogen and oxygen atoms in total. The largest absolute Gasteiger partial charge is 0.456 e. The molecule has 7 aromatic carbocycles. The zero-order valence-corrected chi connectivity index (χ0v) is 26.5. The molecule has 0 saturated carbocycles. The van der Waals surface area contributed by atoms with Crippen LogP contribution in [-0.2, 0) is 0 Å². The van der Waals surface area contributed by atoms with E-state index < -0.39 is 0 Å². The third-order valence-electron chi connectivity index (χ3n) is 9.29. The Morgan fingerprint density at radius 2 is 1.15 bits per heavy atom. The molecule has 0 spiro atoms. The van der Waals surface area contributed by atoms with Gasteiger partial charge in [0.1, 0.15) is 11.2 Å². The molecule has 48 heavy (non-hydrogen) atoms. The average Bonchev–Trinajstić information content (AvgIpc) is 3.73. The van der Waals surface area contributed by atoms with Gasteiger partial charge in [0.05, 0.1) is 15.9 Å². The molecule has 3 heterocycles. The highest BCUT2D eigenvalue weighted by Crippen LogP contribution is 2.43. The fraction of sp³-hybridized carbons (Fsp3) is 0. The Kier molecular flexibility index (Phi) is 6.05. The van der Waals surface area contributed by atoms with Gasteiger partial charge in [-0.1, -0.05) is 127 Å². The van der Waals surface area contributed by atoms with Crippen molar-refractivity contribution in [2.24, 2.45) is 0 Å². The van der Waals surface area contributed by atoms with E-state index in [-0.39, 0.29) is 0 Å². The minimum absolute atomic E-state index is 0.691. The van der Waals surface area contributed by atoms with Gasteiger partial charge in [0, 0.05) is 32.0 Å². The summed E-state index contributed by atoms with van der Waals surface area (Å²) in [5.74, 6) is 0.691. The Hall–Kier alpha value is -6.10. The molecule has 4 heteroatoms. The zero-order valence-electron chi connectivity index (χ0n) is 25.7. The fourth-order valence-corrected chi connectivity index (χ4v) is 8.08. The van der Waals surface area contributed by atoms with Crippen molar-refractivity contribution in [2.45, 2.75) is 0 Å². The van der Waals surface area contributed by atoms with Gasteiger partial charge in [-0.25, -0.2) is 9.97 Å². The monoisotopic (exact) mass is 630 g/mol. The molecular weight excluding hydrogens is 605 g/mol. The van der Waals surface area contributed by atoms with E-state index in [1.54, 1.807) is 11.3 Å². The number of aromatic nitrogens is 2. The molecular formula is C44H26N2OS. The van der Waals surface area contributed by atoms with Crippen molar-refractivity contribution in [3.63, 3.8) is 0 Å². The first kappa shape index (κ1) is 27.1. The quantitative estimate of drug-likeness (QED) is 0.194. The van der Waals surface area contributed by atoms with Crippen LogP contribution >= 0.6 is 11.3 Å². The molecule has 0 saturated heterocycles. The second kappa shape index (κ2) is 10.7. The van der Waals surface area contributed by atoms with E-state index in [9.17, 15) is 0 Å². The highest BCUT2D eigenvalue weighted by atomic mass is 32.1. The van der Waals surface area contributed by atoms with Crippen molar-refractivity contribution in [1.29, 1.82) is 0 Å². The van der Waals surface area contributed by atoms with Crippen LogP contribution in [0.3, 0.4) is 0 Å². The summed E-state index contributed by atoms with van der Waals surface area (Å²) in [5, 5.41) is 5.72. The van der Waals surface area contributed by atoms with Crippen LogP contribution in [0.25, 0.3) is 97.9 Å². The average molecular weight is 631 g/mol. The molecule has 224 valence electrons. The van der Waals surface area contributed by atoms with Gasteiger partial charge in [-0.15, -0.1) is 11.3 Å². The molecule has 0 N–H and O–H groups in total. The Balaban J connectivity index is 1.20. The topological polar surface area (TPSA) is 38.9 Å². The molecule has 0 atom stereocenters.